The molecule has 0 spiro atoms. The lowest BCUT2D eigenvalue weighted by molar-refractivity contribution is -0.127. The first-order valence-corrected chi connectivity index (χ1v) is 12.0. The summed E-state index contributed by atoms with van der Waals surface area (Å²) in [4.78, 5) is 29.0. The summed E-state index contributed by atoms with van der Waals surface area (Å²) in [6, 6.07) is 14.8. The first-order valence-electron chi connectivity index (χ1n) is 12.0. The van der Waals surface area contributed by atoms with Gasteiger partial charge in [-0.3, -0.25) is 10.1 Å². The standard InChI is InChI=1S/C27H25FN4O4/c28-18-9-5-17(6-10-18)25-31-22(16-7-11-19(12-8-16)30-26(34)35)23(36-25)20-3-1-2-4-21(20)24(33)32-27(15-29)13-14-27/h5-12,20-21,30H,1-4,13-14H2,(H,32,33)(H,34,35)/t20-,21-/m1/s1. The van der Waals surface area contributed by atoms with E-state index in [1.807, 2.05) is 0 Å². The Balaban J connectivity index is 1.54. The van der Waals surface area contributed by atoms with Crippen molar-refractivity contribution in [1.29, 1.82) is 5.26 Å². The number of carbonyl (C=O) groups is 2. The molecule has 3 N–H and O–H groups in total. The minimum Gasteiger partial charge on any atom is -0.465 e. The van der Waals surface area contributed by atoms with Crippen LogP contribution in [0.2, 0.25) is 0 Å². The van der Waals surface area contributed by atoms with Crippen molar-refractivity contribution in [2.45, 2.75) is 50.0 Å². The van der Waals surface area contributed by atoms with Crippen LogP contribution in [-0.4, -0.2) is 27.6 Å². The van der Waals surface area contributed by atoms with Crippen LogP contribution in [-0.2, 0) is 4.79 Å². The highest BCUT2D eigenvalue weighted by Gasteiger charge is 2.47. The topological polar surface area (TPSA) is 128 Å². The first-order chi connectivity index (χ1) is 17.4. The zero-order chi connectivity index (χ0) is 25.3. The third-order valence-electron chi connectivity index (χ3n) is 6.92. The molecule has 1 heterocycles. The fourth-order valence-electron chi connectivity index (χ4n) is 4.82. The highest BCUT2D eigenvalue weighted by atomic mass is 19.1. The molecule has 5 rings (SSSR count). The van der Waals surface area contributed by atoms with Crippen LogP contribution in [0.3, 0.4) is 0 Å². The molecule has 2 atom stereocenters. The van der Waals surface area contributed by atoms with E-state index in [1.54, 1.807) is 36.4 Å². The Morgan fingerprint density at radius 1 is 1.06 bits per heavy atom. The summed E-state index contributed by atoms with van der Waals surface area (Å²) < 4.78 is 19.8. The fraction of sp³-hybridized carbons (Fsp3) is 0.333. The van der Waals surface area contributed by atoms with Crippen LogP contribution in [0.1, 0.15) is 50.2 Å². The number of amides is 2. The molecule has 3 aromatic rings. The quantitative estimate of drug-likeness (QED) is 0.409. The number of aromatic nitrogens is 1. The minimum atomic E-state index is -1.16. The molecule has 0 bridgehead atoms. The smallest absolute Gasteiger partial charge is 0.409 e. The van der Waals surface area contributed by atoms with Crippen molar-refractivity contribution in [2.75, 3.05) is 5.32 Å². The number of benzene rings is 2. The summed E-state index contributed by atoms with van der Waals surface area (Å²) in [5.74, 6) is -0.261. The van der Waals surface area contributed by atoms with E-state index >= 15 is 0 Å². The number of nitriles is 1. The molecule has 2 aromatic carbocycles. The Morgan fingerprint density at radius 3 is 2.36 bits per heavy atom. The van der Waals surface area contributed by atoms with E-state index in [0.717, 1.165) is 19.3 Å². The molecular weight excluding hydrogens is 463 g/mol. The van der Waals surface area contributed by atoms with Gasteiger partial charge in [-0.25, -0.2) is 14.2 Å². The molecule has 2 amide bonds. The average Bonchev–Trinajstić information content (AvgIpc) is 3.51. The van der Waals surface area contributed by atoms with Crippen molar-refractivity contribution in [1.82, 2.24) is 10.3 Å². The molecule has 8 nitrogen and oxygen atoms in total. The lowest BCUT2D eigenvalue weighted by Crippen LogP contribution is -2.42. The number of anilines is 1. The fourth-order valence-corrected chi connectivity index (χ4v) is 4.82. The van der Waals surface area contributed by atoms with Crippen LogP contribution in [0.25, 0.3) is 22.7 Å². The van der Waals surface area contributed by atoms with Gasteiger partial charge < -0.3 is 14.8 Å². The predicted octanol–water partition coefficient (Wildman–Crippen LogP) is 5.68. The van der Waals surface area contributed by atoms with Crippen LogP contribution in [0.5, 0.6) is 0 Å². The molecular formula is C27H25FN4O4. The Morgan fingerprint density at radius 2 is 1.72 bits per heavy atom. The second kappa shape index (κ2) is 9.46. The van der Waals surface area contributed by atoms with Crippen molar-refractivity contribution in [3.05, 3.63) is 60.1 Å². The van der Waals surface area contributed by atoms with Gasteiger partial charge >= 0.3 is 6.09 Å². The summed E-state index contributed by atoms with van der Waals surface area (Å²) in [5.41, 5.74) is 1.53. The van der Waals surface area contributed by atoms with E-state index in [4.69, 9.17) is 14.5 Å². The summed E-state index contributed by atoms with van der Waals surface area (Å²) in [7, 11) is 0. The predicted molar refractivity (Wildman–Crippen MR) is 129 cm³/mol. The zero-order valence-corrected chi connectivity index (χ0v) is 19.5. The van der Waals surface area contributed by atoms with Crippen molar-refractivity contribution < 1.29 is 23.5 Å². The van der Waals surface area contributed by atoms with Crippen LogP contribution in [0, 0.1) is 23.1 Å². The number of halogens is 1. The van der Waals surface area contributed by atoms with E-state index in [0.29, 0.717) is 53.4 Å². The first kappa shape index (κ1) is 23.5. The molecule has 2 saturated carbocycles. The van der Waals surface area contributed by atoms with E-state index < -0.39 is 11.6 Å². The summed E-state index contributed by atoms with van der Waals surface area (Å²) in [5, 5.41) is 23.7. The molecule has 0 radical (unpaired) electrons. The SMILES string of the molecule is N#CC1(NC(=O)[C@@H]2CCCC[C@H]2c2oc(-c3ccc(F)cc3)nc2-c2ccc(NC(=O)O)cc2)CC1. The van der Waals surface area contributed by atoms with Gasteiger partial charge in [0.2, 0.25) is 11.8 Å². The van der Waals surface area contributed by atoms with Crippen LogP contribution < -0.4 is 10.6 Å². The van der Waals surface area contributed by atoms with E-state index in [-0.39, 0.29) is 23.6 Å². The Bertz CT molecular complexity index is 1320. The van der Waals surface area contributed by atoms with E-state index in [1.165, 1.54) is 12.1 Å². The number of carboxylic acid groups (broad SMARTS) is 1. The van der Waals surface area contributed by atoms with Gasteiger partial charge in [-0.15, -0.1) is 0 Å². The third kappa shape index (κ3) is 4.80. The molecule has 1 aromatic heterocycles. The zero-order valence-electron chi connectivity index (χ0n) is 19.5. The molecule has 2 aliphatic rings. The highest BCUT2D eigenvalue weighted by Crippen LogP contribution is 2.45. The van der Waals surface area contributed by atoms with Gasteiger partial charge in [0.25, 0.3) is 0 Å². The number of hydrogen-bond donors (Lipinski definition) is 3. The maximum absolute atomic E-state index is 13.5. The van der Waals surface area contributed by atoms with Crippen LogP contribution in [0.4, 0.5) is 14.9 Å². The molecule has 0 saturated heterocycles. The van der Waals surface area contributed by atoms with E-state index in [2.05, 4.69) is 16.7 Å². The maximum Gasteiger partial charge on any atom is 0.409 e. The summed E-state index contributed by atoms with van der Waals surface area (Å²) >= 11 is 0. The molecule has 0 aliphatic heterocycles. The number of rotatable bonds is 6. The molecule has 2 aliphatic carbocycles. The van der Waals surface area contributed by atoms with Gasteiger partial charge in [-0.2, -0.15) is 5.26 Å². The minimum absolute atomic E-state index is 0.148. The number of nitrogens with zero attached hydrogens (tertiary/aromatic N) is 2. The van der Waals surface area contributed by atoms with Crippen molar-refractivity contribution in [3.8, 4) is 28.8 Å². The molecule has 2 fully saturated rings. The van der Waals surface area contributed by atoms with Gasteiger partial charge in [0, 0.05) is 28.7 Å². The van der Waals surface area contributed by atoms with Crippen molar-refractivity contribution in [2.24, 2.45) is 5.92 Å². The number of oxazole rings is 1. The largest absolute Gasteiger partial charge is 0.465 e. The molecule has 184 valence electrons. The van der Waals surface area contributed by atoms with Crippen LogP contribution >= 0.6 is 0 Å². The van der Waals surface area contributed by atoms with E-state index in [9.17, 15) is 19.2 Å². The lowest BCUT2D eigenvalue weighted by Gasteiger charge is -2.30. The van der Waals surface area contributed by atoms with Crippen molar-refractivity contribution >= 4 is 17.7 Å². The average molecular weight is 489 g/mol. The van der Waals surface area contributed by atoms with Crippen LogP contribution in [0.15, 0.2) is 52.9 Å². The highest BCUT2D eigenvalue weighted by molar-refractivity contribution is 5.84. The Kier molecular flexibility index (Phi) is 6.18. The second-order valence-electron chi connectivity index (χ2n) is 9.43. The Labute approximate surface area is 207 Å². The van der Waals surface area contributed by atoms with Gasteiger partial charge in [-0.05, 0) is 62.1 Å². The number of hydrogen-bond acceptors (Lipinski definition) is 5. The molecule has 36 heavy (non-hydrogen) atoms. The monoisotopic (exact) mass is 488 g/mol. The molecule has 9 heteroatoms. The van der Waals surface area contributed by atoms with Gasteiger partial charge in [0.05, 0.1) is 6.07 Å². The van der Waals surface area contributed by atoms with Gasteiger partial charge in [0.15, 0.2) is 0 Å². The normalized spacial score (nSPS) is 20.2. The van der Waals surface area contributed by atoms with Gasteiger partial charge in [0.1, 0.15) is 22.8 Å². The Hall–Kier alpha value is -4.19. The van der Waals surface area contributed by atoms with Gasteiger partial charge in [-0.1, -0.05) is 25.0 Å². The summed E-state index contributed by atoms with van der Waals surface area (Å²) in [6.07, 6.45) is 3.37. The maximum atomic E-state index is 13.5. The summed E-state index contributed by atoms with van der Waals surface area (Å²) in [6.45, 7) is 0. The lowest BCUT2D eigenvalue weighted by atomic mass is 9.76. The van der Waals surface area contributed by atoms with Crippen molar-refractivity contribution in [3.63, 3.8) is 0 Å². The molecule has 0 unspecified atom stereocenters. The third-order valence-corrected chi connectivity index (χ3v) is 6.92. The second-order valence-corrected chi connectivity index (χ2v) is 9.43. The number of nitrogens with one attached hydrogen (secondary N) is 2. The number of carbonyl (C=O) groups excluding carboxylic acids is 1.